The van der Waals surface area contributed by atoms with Gasteiger partial charge < -0.3 is 11.1 Å². The number of fused-ring (bicyclic) bond motifs is 1. The van der Waals surface area contributed by atoms with Crippen molar-refractivity contribution in [3.05, 3.63) is 64.7 Å². The Hall–Kier alpha value is -2.14. The number of benzene rings is 2. The minimum Gasteiger partial charge on any atom is -0.399 e. The Morgan fingerprint density at radius 3 is 2.83 bits per heavy atom. The highest BCUT2D eigenvalue weighted by molar-refractivity contribution is 5.85. The first-order valence-corrected chi connectivity index (χ1v) is 7.65. The summed E-state index contributed by atoms with van der Waals surface area (Å²) in [7, 11) is 0. The quantitative estimate of drug-likeness (QED) is 0.827. The second kappa shape index (κ2) is 7.62. The van der Waals surface area contributed by atoms with Crippen molar-refractivity contribution < 1.29 is 13.6 Å². The molecule has 0 radical (unpaired) electrons. The molecule has 1 aliphatic rings. The van der Waals surface area contributed by atoms with Crippen LogP contribution in [0.5, 0.6) is 0 Å². The number of nitrogen functional groups attached to an aromatic ring is 1. The van der Waals surface area contributed by atoms with Crippen LogP contribution in [0.4, 0.5) is 14.5 Å². The third kappa shape index (κ3) is 3.85. The normalized spacial score (nSPS) is 16.0. The van der Waals surface area contributed by atoms with Crippen LogP contribution in [-0.4, -0.2) is 5.91 Å². The molecule has 6 heteroatoms. The molecule has 0 aromatic heterocycles. The molecule has 3 rings (SSSR count). The summed E-state index contributed by atoms with van der Waals surface area (Å²) in [5.41, 5.74) is 8.76. The van der Waals surface area contributed by atoms with Gasteiger partial charge in [0.05, 0.1) is 12.5 Å². The maximum absolute atomic E-state index is 13.7. The van der Waals surface area contributed by atoms with Gasteiger partial charge in [0.2, 0.25) is 5.91 Å². The number of nitrogens with two attached hydrogens (primary N) is 1. The number of anilines is 1. The van der Waals surface area contributed by atoms with Gasteiger partial charge in [0.1, 0.15) is 0 Å². The van der Waals surface area contributed by atoms with Gasteiger partial charge in [-0.05, 0) is 48.6 Å². The first kappa shape index (κ1) is 18.2. The Labute approximate surface area is 145 Å². The molecule has 0 fully saturated rings. The standard InChI is InChI=1S/C18H18F2N2O.ClH/c19-15-5-1-4-12(18(15)20)10-17(23)22-16-6-2-3-11-9-13(21)7-8-14(11)16;/h1,4-5,7-9,16H,2-3,6,10,21H2,(H,22,23);1H. The van der Waals surface area contributed by atoms with Crippen LogP contribution in [0.25, 0.3) is 0 Å². The molecule has 1 amide bonds. The molecule has 0 heterocycles. The lowest BCUT2D eigenvalue weighted by atomic mass is 9.87. The summed E-state index contributed by atoms with van der Waals surface area (Å²) in [6, 6.07) is 9.43. The smallest absolute Gasteiger partial charge is 0.225 e. The number of halogens is 3. The average molecular weight is 353 g/mol. The largest absolute Gasteiger partial charge is 0.399 e. The Balaban J connectivity index is 0.00000208. The zero-order valence-corrected chi connectivity index (χ0v) is 13.8. The summed E-state index contributed by atoms with van der Waals surface area (Å²) in [5, 5.41) is 2.92. The summed E-state index contributed by atoms with van der Waals surface area (Å²) >= 11 is 0. The predicted octanol–water partition coefficient (Wildman–Crippen LogP) is 3.71. The second-order valence-electron chi connectivity index (χ2n) is 5.86. The Kier molecular flexibility index (Phi) is 5.78. The Morgan fingerprint density at radius 1 is 1.25 bits per heavy atom. The van der Waals surface area contributed by atoms with Gasteiger partial charge in [-0.25, -0.2) is 8.78 Å². The molecule has 2 aromatic rings. The van der Waals surface area contributed by atoms with E-state index in [1.165, 1.54) is 12.1 Å². The van der Waals surface area contributed by atoms with Crippen molar-refractivity contribution in [2.75, 3.05) is 5.73 Å². The van der Waals surface area contributed by atoms with Crippen molar-refractivity contribution in [1.29, 1.82) is 0 Å². The van der Waals surface area contributed by atoms with Gasteiger partial charge in [0, 0.05) is 11.3 Å². The molecule has 1 unspecified atom stereocenters. The van der Waals surface area contributed by atoms with Crippen LogP contribution >= 0.6 is 12.4 Å². The number of hydrogen-bond acceptors (Lipinski definition) is 2. The minimum atomic E-state index is -0.959. The Morgan fingerprint density at radius 2 is 2.04 bits per heavy atom. The fourth-order valence-corrected chi connectivity index (χ4v) is 3.09. The van der Waals surface area contributed by atoms with Crippen molar-refractivity contribution in [2.45, 2.75) is 31.7 Å². The van der Waals surface area contributed by atoms with E-state index in [-0.39, 0.29) is 36.3 Å². The molecular formula is C18H19ClF2N2O. The second-order valence-corrected chi connectivity index (χ2v) is 5.86. The molecule has 24 heavy (non-hydrogen) atoms. The van der Waals surface area contributed by atoms with Crippen molar-refractivity contribution in [3.8, 4) is 0 Å². The Bertz CT molecular complexity index is 752. The van der Waals surface area contributed by atoms with Crippen LogP contribution in [-0.2, 0) is 17.6 Å². The summed E-state index contributed by atoms with van der Waals surface area (Å²) in [6.07, 6.45) is 2.54. The molecule has 3 nitrogen and oxygen atoms in total. The van der Waals surface area contributed by atoms with E-state index in [2.05, 4.69) is 5.32 Å². The van der Waals surface area contributed by atoms with Crippen molar-refractivity contribution in [3.63, 3.8) is 0 Å². The van der Waals surface area contributed by atoms with Gasteiger partial charge in [-0.15, -0.1) is 12.4 Å². The lowest BCUT2D eigenvalue weighted by Crippen LogP contribution is -2.32. The van der Waals surface area contributed by atoms with E-state index in [1.54, 1.807) is 0 Å². The number of rotatable bonds is 3. The minimum absolute atomic E-state index is 0. The van der Waals surface area contributed by atoms with E-state index in [9.17, 15) is 13.6 Å². The van der Waals surface area contributed by atoms with E-state index in [0.29, 0.717) is 5.69 Å². The molecule has 128 valence electrons. The highest BCUT2D eigenvalue weighted by Crippen LogP contribution is 2.31. The van der Waals surface area contributed by atoms with Crippen molar-refractivity contribution in [1.82, 2.24) is 5.32 Å². The van der Waals surface area contributed by atoms with Crippen LogP contribution in [0.15, 0.2) is 36.4 Å². The van der Waals surface area contributed by atoms with E-state index in [0.717, 1.165) is 36.5 Å². The van der Waals surface area contributed by atoms with E-state index in [1.807, 2.05) is 18.2 Å². The lowest BCUT2D eigenvalue weighted by molar-refractivity contribution is -0.121. The van der Waals surface area contributed by atoms with E-state index < -0.39 is 11.6 Å². The number of nitrogens with one attached hydrogen (secondary N) is 1. The zero-order chi connectivity index (χ0) is 16.4. The van der Waals surface area contributed by atoms with Gasteiger partial charge in [-0.2, -0.15) is 0 Å². The van der Waals surface area contributed by atoms with Gasteiger partial charge in [-0.1, -0.05) is 18.2 Å². The van der Waals surface area contributed by atoms with Gasteiger partial charge in [0.25, 0.3) is 0 Å². The summed E-state index contributed by atoms with van der Waals surface area (Å²) in [6.45, 7) is 0. The molecule has 0 saturated carbocycles. The summed E-state index contributed by atoms with van der Waals surface area (Å²) < 4.78 is 26.9. The maximum Gasteiger partial charge on any atom is 0.225 e. The topological polar surface area (TPSA) is 55.1 Å². The van der Waals surface area contributed by atoms with Crippen LogP contribution in [0.1, 0.15) is 35.6 Å². The van der Waals surface area contributed by atoms with Crippen molar-refractivity contribution in [2.24, 2.45) is 0 Å². The highest BCUT2D eigenvalue weighted by Gasteiger charge is 2.22. The molecule has 0 bridgehead atoms. The number of carbonyl (C=O) groups is 1. The summed E-state index contributed by atoms with van der Waals surface area (Å²) in [5.74, 6) is -2.21. The van der Waals surface area contributed by atoms with E-state index in [4.69, 9.17) is 5.73 Å². The monoisotopic (exact) mass is 352 g/mol. The first-order chi connectivity index (χ1) is 11.0. The molecule has 1 atom stereocenters. The van der Waals surface area contributed by atoms with Crippen LogP contribution in [0.3, 0.4) is 0 Å². The van der Waals surface area contributed by atoms with Crippen LogP contribution in [0.2, 0.25) is 0 Å². The maximum atomic E-state index is 13.7. The SMILES string of the molecule is Cl.Nc1ccc2c(c1)CCCC2NC(=O)Cc1cccc(F)c1F. The first-order valence-electron chi connectivity index (χ1n) is 7.65. The van der Waals surface area contributed by atoms with Crippen LogP contribution in [0, 0.1) is 11.6 Å². The molecule has 3 N–H and O–H groups in total. The number of hydrogen-bond donors (Lipinski definition) is 2. The third-order valence-corrected chi connectivity index (χ3v) is 4.20. The highest BCUT2D eigenvalue weighted by atomic mass is 35.5. The fourth-order valence-electron chi connectivity index (χ4n) is 3.09. The number of carbonyl (C=O) groups excluding carboxylic acids is 1. The fraction of sp³-hybridized carbons (Fsp3) is 0.278. The molecular weight excluding hydrogens is 334 g/mol. The summed E-state index contributed by atoms with van der Waals surface area (Å²) in [4.78, 5) is 12.2. The van der Waals surface area contributed by atoms with Gasteiger partial charge >= 0.3 is 0 Å². The third-order valence-electron chi connectivity index (χ3n) is 4.20. The van der Waals surface area contributed by atoms with Crippen LogP contribution < -0.4 is 11.1 Å². The number of amides is 1. The molecule has 1 aliphatic carbocycles. The predicted molar refractivity (Wildman–Crippen MR) is 92.0 cm³/mol. The number of aryl methyl sites for hydroxylation is 1. The average Bonchev–Trinajstić information content (AvgIpc) is 2.52. The van der Waals surface area contributed by atoms with E-state index >= 15 is 0 Å². The van der Waals surface area contributed by atoms with Crippen molar-refractivity contribution >= 4 is 24.0 Å². The molecule has 0 saturated heterocycles. The van der Waals surface area contributed by atoms with Gasteiger partial charge in [0.15, 0.2) is 11.6 Å². The molecule has 0 spiro atoms. The molecule has 2 aromatic carbocycles. The lowest BCUT2D eigenvalue weighted by Gasteiger charge is -2.26. The zero-order valence-electron chi connectivity index (χ0n) is 13.0. The van der Waals surface area contributed by atoms with Gasteiger partial charge in [-0.3, -0.25) is 4.79 Å². The molecule has 0 aliphatic heterocycles.